The fourth-order valence-corrected chi connectivity index (χ4v) is 2.34. The highest BCUT2D eigenvalue weighted by molar-refractivity contribution is 5.45. The van der Waals surface area contributed by atoms with Gasteiger partial charge in [0.15, 0.2) is 0 Å². The van der Waals surface area contributed by atoms with Crippen LogP contribution in [0.2, 0.25) is 0 Å². The number of nitrogens with zero attached hydrogens (tertiary/aromatic N) is 4. The summed E-state index contributed by atoms with van der Waals surface area (Å²) < 4.78 is 5.61. The van der Waals surface area contributed by atoms with Crippen molar-refractivity contribution in [1.82, 2.24) is 15.0 Å². The minimum atomic E-state index is 0.0285. The molecule has 0 spiro atoms. The minimum Gasteiger partial charge on any atom is -0.461 e. The van der Waals surface area contributed by atoms with E-state index in [4.69, 9.17) is 4.74 Å². The number of hydrogen-bond donors (Lipinski definition) is 1. The van der Waals surface area contributed by atoms with Gasteiger partial charge in [-0.2, -0.15) is 15.0 Å². The highest BCUT2D eigenvalue weighted by atomic mass is 16.5. The normalized spacial score (nSPS) is 13.4. The summed E-state index contributed by atoms with van der Waals surface area (Å²) in [5, 5.41) is 2.96. The van der Waals surface area contributed by atoms with Gasteiger partial charge in [0.1, 0.15) is 0 Å². The molecule has 2 aromatic rings. The van der Waals surface area contributed by atoms with Crippen LogP contribution in [0.1, 0.15) is 25.0 Å². The van der Waals surface area contributed by atoms with Gasteiger partial charge in [-0.1, -0.05) is 24.3 Å². The molecule has 110 valence electrons. The number of aromatic nitrogens is 3. The van der Waals surface area contributed by atoms with Gasteiger partial charge in [-0.05, 0) is 25.0 Å². The fourth-order valence-electron chi connectivity index (χ4n) is 2.34. The van der Waals surface area contributed by atoms with E-state index >= 15 is 0 Å². The van der Waals surface area contributed by atoms with Crippen LogP contribution in [0.25, 0.3) is 0 Å². The van der Waals surface area contributed by atoms with E-state index in [1.54, 1.807) is 7.05 Å². The second-order valence-corrected chi connectivity index (χ2v) is 5.28. The third-order valence-electron chi connectivity index (χ3n) is 3.29. The number of benzene rings is 1. The maximum absolute atomic E-state index is 5.61. The zero-order chi connectivity index (χ0) is 14.8. The highest BCUT2D eigenvalue weighted by Crippen LogP contribution is 2.27. The fraction of sp³-hybridized carbons (Fsp3) is 0.400. The smallest absolute Gasteiger partial charge is 0.323 e. The largest absolute Gasteiger partial charge is 0.461 e. The average molecular weight is 285 g/mol. The Morgan fingerprint density at radius 3 is 2.33 bits per heavy atom. The third-order valence-corrected chi connectivity index (χ3v) is 3.29. The first-order valence-corrected chi connectivity index (χ1v) is 7.08. The molecule has 3 rings (SSSR count). The summed E-state index contributed by atoms with van der Waals surface area (Å²) >= 11 is 0. The molecule has 0 amide bonds. The lowest BCUT2D eigenvalue weighted by Crippen LogP contribution is -2.20. The Kier molecular flexibility index (Phi) is 3.60. The van der Waals surface area contributed by atoms with E-state index in [9.17, 15) is 0 Å². The van der Waals surface area contributed by atoms with Crippen LogP contribution in [0.15, 0.2) is 24.3 Å². The van der Waals surface area contributed by atoms with E-state index in [0.717, 1.165) is 13.1 Å². The lowest BCUT2D eigenvalue weighted by atomic mass is 10.1. The van der Waals surface area contributed by atoms with Crippen LogP contribution in [-0.4, -0.2) is 28.1 Å². The van der Waals surface area contributed by atoms with Crippen molar-refractivity contribution in [2.75, 3.05) is 17.3 Å². The van der Waals surface area contributed by atoms with E-state index in [2.05, 4.69) is 49.4 Å². The molecule has 1 aromatic carbocycles. The Morgan fingerprint density at radius 2 is 1.76 bits per heavy atom. The number of fused-ring (bicyclic) bond motifs is 1. The zero-order valence-corrected chi connectivity index (χ0v) is 12.5. The van der Waals surface area contributed by atoms with Crippen LogP contribution in [0.4, 0.5) is 11.9 Å². The van der Waals surface area contributed by atoms with E-state index in [0.29, 0.717) is 17.9 Å². The van der Waals surface area contributed by atoms with E-state index in [1.165, 1.54) is 11.1 Å². The van der Waals surface area contributed by atoms with Crippen molar-refractivity contribution in [3.63, 3.8) is 0 Å². The van der Waals surface area contributed by atoms with Gasteiger partial charge < -0.3 is 15.0 Å². The predicted molar refractivity (Wildman–Crippen MR) is 81.5 cm³/mol. The Hall–Kier alpha value is -2.37. The molecular weight excluding hydrogens is 266 g/mol. The molecule has 0 saturated heterocycles. The molecular formula is C15H19N5O. The molecule has 21 heavy (non-hydrogen) atoms. The Bertz CT molecular complexity index is 619. The maximum atomic E-state index is 5.61. The van der Waals surface area contributed by atoms with Crippen LogP contribution in [-0.2, 0) is 13.1 Å². The van der Waals surface area contributed by atoms with Gasteiger partial charge in [-0.25, -0.2) is 0 Å². The maximum Gasteiger partial charge on any atom is 0.323 e. The molecule has 0 bridgehead atoms. The van der Waals surface area contributed by atoms with E-state index in [-0.39, 0.29) is 6.10 Å². The van der Waals surface area contributed by atoms with Crippen LogP contribution >= 0.6 is 0 Å². The Balaban J connectivity index is 1.89. The molecule has 0 unspecified atom stereocenters. The molecule has 1 aliphatic rings. The number of hydrogen-bond acceptors (Lipinski definition) is 6. The molecule has 6 nitrogen and oxygen atoms in total. The standard InChI is InChI=1S/C15H19N5O/c1-10(2)21-15-18-13(16-3)17-14(19-15)20-8-11-6-4-5-7-12(11)9-20/h4-7,10H,8-9H2,1-3H3,(H,16,17,18,19). The first-order chi connectivity index (χ1) is 10.2. The summed E-state index contributed by atoms with van der Waals surface area (Å²) in [6, 6.07) is 8.75. The van der Waals surface area contributed by atoms with Crippen molar-refractivity contribution in [2.45, 2.75) is 33.0 Å². The summed E-state index contributed by atoms with van der Waals surface area (Å²) in [6.45, 7) is 5.53. The third kappa shape index (κ3) is 2.89. The number of nitrogens with one attached hydrogen (secondary N) is 1. The Labute approximate surface area is 124 Å². The van der Waals surface area contributed by atoms with Gasteiger partial charge >= 0.3 is 6.01 Å². The molecule has 0 fully saturated rings. The van der Waals surface area contributed by atoms with Crippen LogP contribution in [0.3, 0.4) is 0 Å². The van der Waals surface area contributed by atoms with Gasteiger partial charge in [0.2, 0.25) is 11.9 Å². The zero-order valence-electron chi connectivity index (χ0n) is 12.5. The average Bonchev–Trinajstić information content (AvgIpc) is 2.90. The SMILES string of the molecule is CNc1nc(OC(C)C)nc(N2Cc3ccccc3C2)n1. The summed E-state index contributed by atoms with van der Waals surface area (Å²) in [5.41, 5.74) is 2.63. The molecule has 0 atom stereocenters. The van der Waals surface area contributed by atoms with Gasteiger partial charge in [-0.15, -0.1) is 0 Å². The monoisotopic (exact) mass is 285 g/mol. The predicted octanol–water partition coefficient (Wildman–Crippen LogP) is 2.22. The molecule has 1 N–H and O–H groups in total. The number of ether oxygens (including phenoxy) is 1. The molecule has 0 aliphatic carbocycles. The van der Waals surface area contributed by atoms with Crippen molar-refractivity contribution in [3.05, 3.63) is 35.4 Å². The summed E-state index contributed by atoms with van der Waals surface area (Å²) in [6.07, 6.45) is 0.0285. The molecule has 6 heteroatoms. The topological polar surface area (TPSA) is 63.2 Å². The number of rotatable bonds is 4. The lowest BCUT2D eigenvalue weighted by Gasteiger charge is -2.17. The van der Waals surface area contributed by atoms with Gasteiger partial charge in [0, 0.05) is 20.1 Å². The second-order valence-electron chi connectivity index (χ2n) is 5.28. The van der Waals surface area contributed by atoms with Gasteiger partial charge in [-0.3, -0.25) is 0 Å². The summed E-state index contributed by atoms with van der Waals surface area (Å²) in [4.78, 5) is 15.2. The van der Waals surface area contributed by atoms with Crippen molar-refractivity contribution >= 4 is 11.9 Å². The van der Waals surface area contributed by atoms with Crippen molar-refractivity contribution in [1.29, 1.82) is 0 Å². The Morgan fingerprint density at radius 1 is 1.10 bits per heavy atom. The molecule has 0 radical (unpaired) electrons. The van der Waals surface area contributed by atoms with Gasteiger partial charge in [0.05, 0.1) is 6.10 Å². The second kappa shape index (κ2) is 5.55. The van der Waals surface area contributed by atoms with Crippen molar-refractivity contribution in [2.24, 2.45) is 0 Å². The molecule has 0 saturated carbocycles. The summed E-state index contributed by atoms with van der Waals surface area (Å²) in [5.74, 6) is 1.16. The first-order valence-electron chi connectivity index (χ1n) is 7.08. The summed E-state index contributed by atoms with van der Waals surface area (Å²) in [7, 11) is 1.79. The van der Waals surface area contributed by atoms with E-state index < -0.39 is 0 Å². The molecule has 1 aliphatic heterocycles. The van der Waals surface area contributed by atoms with Gasteiger partial charge in [0.25, 0.3) is 0 Å². The van der Waals surface area contributed by atoms with Crippen LogP contribution in [0.5, 0.6) is 6.01 Å². The van der Waals surface area contributed by atoms with Crippen molar-refractivity contribution in [3.8, 4) is 6.01 Å². The van der Waals surface area contributed by atoms with Crippen LogP contribution < -0.4 is 15.0 Å². The first kappa shape index (κ1) is 13.6. The quantitative estimate of drug-likeness (QED) is 0.929. The lowest BCUT2D eigenvalue weighted by molar-refractivity contribution is 0.222. The van der Waals surface area contributed by atoms with E-state index in [1.807, 2.05) is 13.8 Å². The molecule has 1 aromatic heterocycles. The van der Waals surface area contributed by atoms with Crippen molar-refractivity contribution < 1.29 is 4.74 Å². The number of anilines is 2. The minimum absolute atomic E-state index is 0.0285. The van der Waals surface area contributed by atoms with Crippen LogP contribution in [0, 0.1) is 0 Å². The highest BCUT2D eigenvalue weighted by Gasteiger charge is 2.22. The molecule has 2 heterocycles.